The molecule has 0 aliphatic rings. The number of anilines is 1. The maximum atomic E-state index is 12.9. The third-order valence-electron chi connectivity index (χ3n) is 5.29. The number of hydrogen-bond donors (Lipinski definition) is 1. The molecule has 0 spiro atoms. The summed E-state index contributed by atoms with van der Waals surface area (Å²) in [5, 5.41) is 11.0. The second-order valence-electron chi connectivity index (χ2n) is 8.08. The summed E-state index contributed by atoms with van der Waals surface area (Å²) in [5.41, 5.74) is 5.26. The van der Waals surface area contributed by atoms with E-state index in [0.717, 1.165) is 22.4 Å². The largest absolute Gasteiger partial charge is 0.447 e. The maximum absolute atomic E-state index is 12.9. The highest BCUT2D eigenvalue weighted by Gasteiger charge is 2.30. The van der Waals surface area contributed by atoms with Gasteiger partial charge in [-0.3, -0.25) is 4.79 Å². The number of carbonyl (C=O) groups is 2. The van der Waals surface area contributed by atoms with Crippen LogP contribution in [0.2, 0.25) is 0 Å². The first-order chi connectivity index (χ1) is 14.7. The molecule has 31 heavy (non-hydrogen) atoms. The highest BCUT2D eigenvalue weighted by Crippen LogP contribution is 2.21. The first kappa shape index (κ1) is 22.2. The lowest BCUT2D eigenvalue weighted by atomic mass is 10.0. The van der Waals surface area contributed by atoms with E-state index in [-0.39, 0.29) is 17.5 Å². The van der Waals surface area contributed by atoms with Gasteiger partial charge in [-0.1, -0.05) is 43.3 Å². The van der Waals surface area contributed by atoms with Gasteiger partial charge in [0.25, 0.3) is 5.91 Å². The van der Waals surface area contributed by atoms with Gasteiger partial charge in [0.1, 0.15) is 0 Å². The van der Waals surface area contributed by atoms with Crippen molar-refractivity contribution in [2.24, 2.45) is 5.92 Å². The molecule has 0 aliphatic heterocycles. The minimum Gasteiger partial charge on any atom is -0.447 e. The Kier molecular flexibility index (Phi) is 6.53. The van der Waals surface area contributed by atoms with Crippen molar-refractivity contribution >= 4 is 17.6 Å². The molecule has 1 atom stereocenters. The molecule has 1 N–H and O–H groups in total. The van der Waals surface area contributed by atoms with E-state index < -0.39 is 12.1 Å². The van der Waals surface area contributed by atoms with E-state index in [9.17, 15) is 9.59 Å². The molecule has 162 valence electrons. The second kappa shape index (κ2) is 9.12. The van der Waals surface area contributed by atoms with Gasteiger partial charge in [-0.15, -0.1) is 5.10 Å². The Bertz CT molecular complexity index is 1120. The van der Waals surface area contributed by atoms with Crippen LogP contribution < -0.4 is 5.32 Å². The molecule has 2 aromatic carbocycles. The van der Waals surface area contributed by atoms with Crippen molar-refractivity contribution < 1.29 is 14.3 Å². The number of carbonyl (C=O) groups excluding carboxylic acids is 2. The zero-order chi connectivity index (χ0) is 22.7. The van der Waals surface area contributed by atoms with Crippen molar-refractivity contribution in [2.45, 2.75) is 47.6 Å². The number of nitrogens with one attached hydrogen (secondary N) is 1. The molecule has 7 nitrogen and oxygen atoms in total. The molecule has 3 aromatic rings. The molecule has 1 heterocycles. The van der Waals surface area contributed by atoms with Crippen LogP contribution in [-0.2, 0) is 9.53 Å². The fraction of sp³-hybridized carbons (Fsp3) is 0.333. The van der Waals surface area contributed by atoms with E-state index in [2.05, 4.69) is 15.6 Å². The van der Waals surface area contributed by atoms with Gasteiger partial charge in [-0.25, -0.2) is 9.48 Å². The number of amides is 1. The Hall–Kier alpha value is -3.48. The summed E-state index contributed by atoms with van der Waals surface area (Å²) in [7, 11) is 0. The monoisotopic (exact) mass is 420 g/mol. The predicted molar refractivity (Wildman–Crippen MR) is 119 cm³/mol. The molecule has 3 rings (SSSR count). The van der Waals surface area contributed by atoms with E-state index in [1.807, 2.05) is 77.1 Å². The third kappa shape index (κ3) is 4.82. The summed E-state index contributed by atoms with van der Waals surface area (Å²) in [6.45, 7) is 11.3. The number of benzene rings is 2. The molecule has 0 aliphatic carbocycles. The summed E-state index contributed by atoms with van der Waals surface area (Å²) in [6.07, 6.45) is -0.962. The maximum Gasteiger partial charge on any atom is 0.361 e. The smallest absolute Gasteiger partial charge is 0.361 e. The average Bonchev–Trinajstić information content (AvgIpc) is 3.10. The molecular weight excluding hydrogens is 392 g/mol. The fourth-order valence-electron chi connectivity index (χ4n) is 3.28. The summed E-state index contributed by atoms with van der Waals surface area (Å²) >= 11 is 0. The first-order valence-electron chi connectivity index (χ1n) is 10.3. The Morgan fingerprint density at radius 3 is 2.42 bits per heavy atom. The molecule has 0 saturated heterocycles. The first-order valence-corrected chi connectivity index (χ1v) is 10.3. The normalized spacial score (nSPS) is 12.0. The van der Waals surface area contributed by atoms with Gasteiger partial charge in [0, 0.05) is 5.69 Å². The van der Waals surface area contributed by atoms with Gasteiger partial charge in [0.15, 0.2) is 11.8 Å². The van der Waals surface area contributed by atoms with Crippen molar-refractivity contribution in [3.05, 3.63) is 70.5 Å². The van der Waals surface area contributed by atoms with E-state index in [1.165, 1.54) is 0 Å². The lowest BCUT2D eigenvalue weighted by molar-refractivity contribution is -0.126. The number of aryl methyl sites for hydroxylation is 2. The van der Waals surface area contributed by atoms with Crippen molar-refractivity contribution in [2.75, 3.05) is 5.32 Å². The Morgan fingerprint density at radius 1 is 1.03 bits per heavy atom. The van der Waals surface area contributed by atoms with E-state index >= 15 is 0 Å². The summed E-state index contributed by atoms with van der Waals surface area (Å²) in [4.78, 5) is 25.8. The third-order valence-corrected chi connectivity index (χ3v) is 5.29. The van der Waals surface area contributed by atoms with Gasteiger partial charge in [-0.05, 0) is 68.5 Å². The van der Waals surface area contributed by atoms with Crippen molar-refractivity contribution in [1.29, 1.82) is 0 Å². The minimum atomic E-state index is -0.962. The fourth-order valence-corrected chi connectivity index (χ4v) is 3.28. The lowest BCUT2D eigenvalue weighted by Crippen LogP contribution is -2.37. The van der Waals surface area contributed by atoms with Crippen molar-refractivity contribution in [3.63, 3.8) is 0 Å². The Balaban J connectivity index is 1.80. The molecule has 0 bridgehead atoms. The Morgan fingerprint density at radius 2 is 1.74 bits per heavy atom. The highest BCUT2D eigenvalue weighted by molar-refractivity contribution is 5.98. The van der Waals surface area contributed by atoms with Crippen molar-refractivity contribution in [1.82, 2.24) is 15.0 Å². The second-order valence-corrected chi connectivity index (χ2v) is 8.08. The standard InChI is InChI=1S/C24H28N4O3/c1-14(2)22(23(29)25-20-12-8-10-16(4)17(20)5)31-24(30)21-18(6)28(27-26-21)19-11-7-9-15(3)13-19/h7-14,22H,1-6H3,(H,25,29). The number of rotatable bonds is 6. The molecule has 1 aromatic heterocycles. The molecule has 0 fully saturated rings. The van der Waals surface area contributed by atoms with Gasteiger partial charge in [-0.2, -0.15) is 0 Å². The van der Waals surface area contributed by atoms with Crippen LogP contribution in [0.5, 0.6) is 0 Å². The SMILES string of the molecule is Cc1cccc(-n2nnc(C(=O)OC(C(=O)Nc3cccc(C)c3C)C(C)C)c2C)c1. The molecule has 1 unspecified atom stereocenters. The van der Waals surface area contributed by atoms with Crippen LogP contribution in [-0.4, -0.2) is 33.0 Å². The van der Waals surface area contributed by atoms with E-state index in [0.29, 0.717) is 11.4 Å². The summed E-state index contributed by atoms with van der Waals surface area (Å²) in [5.74, 6) is -1.27. The topological polar surface area (TPSA) is 86.1 Å². The molecular formula is C24H28N4O3. The highest BCUT2D eigenvalue weighted by atomic mass is 16.5. The van der Waals surface area contributed by atoms with Gasteiger partial charge < -0.3 is 10.1 Å². The minimum absolute atomic E-state index is 0.0895. The van der Waals surface area contributed by atoms with Crippen LogP contribution in [0.15, 0.2) is 42.5 Å². The zero-order valence-electron chi connectivity index (χ0n) is 18.8. The summed E-state index contributed by atoms with van der Waals surface area (Å²) in [6, 6.07) is 13.4. The van der Waals surface area contributed by atoms with Crippen LogP contribution in [0.1, 0.15) is 46.7 Å². The predicted octanol–water partition coefficient (Wildman–Crippen LogP) is 4.32. The number of aromatic nitrogens is 3. The van der Waals surface area contributed by atoms with Crippen LogP contribution in [0.25, 0.3) is 5.69 Å². The lowest BCUT2D eigenvalue weighted by Gasteiger charge is -2.21. The number of hydrogen-bond acceptors (Lipinski definition) is 5. The van der Waals surface area contributed by atoms with Crippen LogP contribution in [0.4, 0.5) is 5.69 Å². The van der Waals surface area contributed by atoms with Gasteiger partial charge in [0.2, 0.25) is 0 Å². The summed E-state index contributed by atoms with van der Waals surface area (Å²) < 4.78 is 7.18. The molecule has 0 radical (unpaired) electrons. The average molecular weight is 421 g/mol. The van der Waals surface area contributed by atoms with Gasteiger partial charge >= 0.3 is 5.97 Å². The van der Waals surface area contributed by atoms with E-state index in [1.54, 1.807) is 11.6 Å². The quantitative estimate of drug-likeness (QED) is 0.600. The number of esters is 1. The zero-order valence-corrected chi connectivity index (χ0v) is 18.8. The Labute approximate surface area is 182 Å². The van der Waals surface area contributed by atoms with E-state index in [4.69, 9.17) is 4.74 Å². The molecule has 0 saturated carbocycles. The van der Waals surface area contributed by atoms with Crippen LogP contribution in [0, 0.1) is 33.6 Å². The van der Waals surface area contributed by atoms with Crippen LogP contribution in [0.3, 0.4) is 0 Å². The van der Waals surface area contributed by atoms with Crippen LogP contribution >= 0.6 is 0 Å². The number of ether oxygens (including phenoxy) is 1. The number of nitrogens with zero attached hydrogens (tertiary/aromatic N) is 3. The van der Waals surface area contributed by atoms with Gasteiger partial charge in [0.05, 0.1) is 11.4 Å². The molecule has 1 amide bonds. The van der Waals surface area contributed by atoms with Crippen molar-refractivity contribution in [3.8, 4) is 5.69 Å². The molecule has 7 heteroatoms.